The Balaban J connectivity index is -0.0000000875. The minimum absolute atomic E-state index is 0. The van der Waals surface area contributed by atoms with Gasteiger partial charge in [-0.05, 0) is 7.25 Å². The fourth-order valence-corrected chi connectivity index (χ4v) is 0.612. The molecule has 52 valence electrons. The zero-order valence-corrected chi connectivity index (χ0v) is 10.9. The Labute approximate surface area is 86.5 Å². The molecule has 0 aromatic carbocycles. The van der Waals surface area contributed by atoms with Gasteiger partial charge in [0.15, 0.2) is 0 Å². The maximum atomic E-state index is 5.25. The van der Waals surface area contributed by atoms with E-state index >= 15 is 0 Å². The van der Waals surface area contributed by atoms with Gasteiger partial charge in [0.1, 0.15) is 0 Å². The van der Waals surface area contributed by atoms with E-state index in [0.29, 0.717) is 0 Å². The molecule has 0 aromatic rings. The maximum Gasteiger partial charge on any atom is 0.0379 e. The predicted molar refractivity (Wildman–Crippen MR) is 41.5 cm³/mol. The third-order valence-electron chi connectivity index (χ3n) is 1.39. The Bertz CT molecular complexity index is 40.6. The molecule has 1 aliphatic rings. The predicted octanol–water partition coefficient (Wildman–Crippen LogP) is 2.18. The number of rotatable bonds is 0. The van der Waals surface area contributed by atoms with Crippen molar-refractivity contribution >= 4 is 8.38 Å². The Kier molecular flexibility index (Phi) is 16.8. The molecule has 2 radical (unpaired) electrons. The van der Waals surface area contributed by atoms with Gasteiger partial charge in [0.05, 0.1) is 0 Å². The van der Waals surface area contributed by atoms with Gasteiger partial charge < -0.3 is 0 Å². The second kappa shape index (κ2) is 11.9. The fraction of sp³-hybridized carbons (Fsp3) is 1.00. The second-order valence-corrected chi connectivity index (χ2v) is 2.04. The van der Waals surface area contributed by atoms with Gasteiger partial charge in [-0.25, -0.2) is 0 Å². The summed E-state index contributed by atoms with van der Waals surface area (Å²) in [7, 11) is 3.75. The van der Waals surface area contributed by atoms with Crippen LogP contribution in [0.1, 0.15) is 40.0 Å². The molecule has 1 aliphatic carbocycles. The van der Waals surface area contributed by atoms with E-state index in [0.717, 1.165) is 5.92 Å². The van der Waals surface area contributed by atoms with E-state index in [1.807, 2.05) is 13.8 Å². The van der Waals surface area contributed by atoms with Crippen molar-refractivity contribution in [3.05, 3.63) is 0 Å². The van der Waals surface area contributed by atoms with Crippen LogP contribution >= 0.6 is 0 Å². The standard InChI is InChI=1S/C5H10.C2H6.BH.U/c1-5-3-2-4-5;1-2;;/h5H,2-4H2,1H3;1-2H3;1H;/i;;1T;. The fourth-order valence-electron chi connectivity index (χ4n) is 0.612. The third-order valence-corrected chi connectivity index (χ3v) is 1.39. The van der Waals surface area contributed by atoms with Crippen LogP contribution in [0.15, 0.2) is 0 Å². The van der Waals surface area contributed by atoms with Gasteiger partial charge in [-0.1, -0.05) is 40.0 Å². The number of hydrogen-bond acceptors (Lipinski definition) is 0. The molecule has 0 aliphatic heterocycles. The molecular formula is C7H17BU. The molecule has 9 heavy (non-hydrogen) atoms. The smallest absolute Gasteiger partial charge is 0.0379 e. The van der Waals surface area contributed by atoms with Crippen molar-refractivity contribution in [3.8, 4) is 0 Å². The summed E-state index contributed by atoms with van der Waals surface area (Å²) < 4.78 is 5.25. The summed E-state index contributed by atoms with van der Waals surface area (Å²) in [6.07, 6.45) is 4.46. The van der Waals surface area contributed by atoms with Gasteiger partial charge in [0.25, 0.3) is 0 Å². The minimum atomic E-state index is 0. The first-order chi connectivity index (χ1) is 4.39. The van der Waals surface area contributed by atoms with Crippen molar-refractivity contribution in [3.63, 3.8) is 0 Å². The summed E-state index contributed by atoms with van der Waals surface area (Å²) in [4.78, 5) is 0. The van der Waals surface area contributed by atoms with Crippen molar-refractivity contribution in [2.45, 2.75) is 40.0 Å². The molecule has 0 nitrogen and oxygen atoms in total. The molecule has 0 unspecified atom stereocenters. The summed E-state index contributed by atoms with van der Waals surface area (Å²) in [5, 5.41) is 0. The van der Waals surface area contributed by atoms with Crippen molar-refractivity contribution < 1.29 is 31.1 Å². The van der Waals surface area contributed by atoms with Crippen LogP contribution < -0.4 is 0 Å². The first kappa shape index (κ1) is 12.8. The van der Waals surface area contributed by atoms with E-state index in [-0.39, 0.29) is 31.1 Å². The van der Waals surface area contributed by atoms with Crippen molar-refractivity contribution in [2.75, 3.05) is 0 Å². The van der Waals surface area contributed by atoms with Crippen molar-refractivity contribution in [2.24, 2.45) is 5.92 Å². The molecule has 1 fully saturated rings. The van der Waals surface area contributed by atoms with Crippen LogP contribution in [0.4, 0.5) is 0 Å². The SMILES string of the molecule is CC.CC1CCC1.[3H][B].[U]. The molecule has 0 amide bonds. The zero-order chi connectivity index (χ0) is 7.70. The van der Waals surface area contributed by atoms with Gasteiger partial charge in [-0.2, -0.15) is 0 Å². The monoisotopic (exact) mass is 352 g/mol. The Morgan fingerprint density at radius 3 is 1.56 bits per heavy atom. The maximum absolute atomic E-state index is 5.25. The van der Waals surface area contributed by atoms with Crippen LogP contribution in [-0.2, 0) is 0 Å². The van der Waals surface area contributed by atoms with E-state index in [9.17, 15) is 0 Å². The minimum Gasteiger partial charge on any atom is -0.0683 e. The number of hydrogen-bond donors (Lipinski definition) is 0. The summed E-state index contributed by atoms with van der Waals surface area (Å²) in [5.74, 6) is 1.06. The molecule has 0 atom stereocenters. The largest absolute Gasteiger partial charge is 0.0683 e. The van der Waals surface area contributed by atoms with Crippen LogP contribution in [0.25, 0.3) is 0 Å². The topological polar surface area (TPSA) is 0 Å². The normalized spacial score (nSPS) is 15.7. The Morgan fingerprint density at radius 2 is 1.56 bits per heavy atom. The summed E-state index contributed by atoms with van der Waals surface area (Å²) >= 11 is 0. The molecule has 0 bridgehead atoms. The quantitative estimate of drug-likeness (QED) is 0.587. The van der Waals surface area contributed by atoms with Crippen molar-refractivity contribution in [1.29, 1.82) is 1.34 Å². The average molecular weight is 352 g/mol. The Hall–Kier alpha value is 1.12. The molecule has 1 rings (SSSR count). The molecule has 1 saturated carbocycles. The Morgan fingerprint density at radius 1 is 1.33 bits per heavy atom. The summed E-state index contributed by atoms with van der Waals surface area (Å²) in [6.45, 7) is 6.31. The molecule has 0 spiro atoms. The zero-order valence-electron chi connectivity index (χ0n) is 7.78. The van der Waals surface area contributed by atoms with Crippen LogP contribution in [0.2, 0.25) is 0 Å². The van der Waals surface area contributed by atoms with Crippen LogP contribution in [0, 0.1) is 37.0 Å². The van der Waals surface area contributed by atoms with E-state index in [1.54, 1.807) is 0 Å². The van der Waals surface area contributed by atoms with Gasteiger partial charge in [0, 0.05) is 39.5 Å². The molecule has 0 heterocycles. The van der Waals surface area contributed by atoms with Gasteiger partial charge in [0.2, 0.25) is 0 Å². The third kappa shape index (κ3) is 9.12. The molecule has 0 saturated heterocycles. The van der Waals surface area contributed by atoms with Crippen LogP contribution in [-0.4, -0.2) is 9.71 Å². The first-order valence-electron chi connectivity index (χ1n) is 3.97. The van der Waals surface area contributed by atoms with Crippen LogP contribution in [0.5, 0.6) is 0 Å². The first-order valence-corrected chi connectivity index (χ1v) is 3.39. The van der Waals surface area contributed by atoms with Gasteiger partial charge >= 0.3 is 0 Å². The van der Waals surface area contributed by atoms with E-state index < -0.39 is 0 Å². The molecule has 2 heteroatoms. The van der Waals surface area contributed by atoms with Gasteiger partial charge in [-0.15, -0.1) is 0 Å². The van der Waals surface area contributed by atoms with E-state index in [1.165, 1.54) is 19.3 Å². The average Bonchev–Trinajstić information content (AvgIpc) is 1.93. The van der Waals surface area contributed by atoms with E-state index in [2.05, 4.69) is 15.3 Å². The molecule has 0 aromatic heterocycles. The van der Waals surface area contributed by atoms with Gasteiger partial charge in [-0.3, -0.25) is 0 Å². The summed E-state index contributed by atoms with van der Waals surface area (Å²) in [6, 6.07) is 0. The van der Waals surface area contributed by atoms with Crippen LogP contribution in [0.3, 0.4) is 0 Å². The second-order valence-electron chi connectivity index (χ2n) is 2.04. The summed E-state index contributed by atoms with van der Waals surface area (Å²) in [5.41, 5.74) is 0. The van der Waals surface area contributed by atoms with E-state index in [4.69, 9.17) is 1.34 Å². The molecule has 0 N–H and O–H groups in total. The molecular weight excluding hydrogens is 333 g/mol. The van der Waals surface area contributed by atoms with Crippen molar-refractivity contribution in [1.82, 2.24) is 0 Å².